The van der Waals surface area contributed by atoms with E-state index in [1.54, 1.807) is 12.1 Å². The molecule has 1 aromatic carbocycles. The molecule has 1 unspecified atom stereocenters. The van der Waals surface area contributed by atoms with Crippen molar-refractivity contribution in [2.24, 2.45) is 5.92 Å². The van der Waals surface area contributed by atoms with Crippen molar-refractivity contribution in [2.75, 3.05) is 23.7 Å². The summed E-state index contributed by atoms with van der Waals surface area (Å²) in [6.07, 6.45) is 1.57. The summed E-state index contributed by atoms with van der Waals surface area (Å²) in [6.45, 7) is 1.90. The highest BCUT2D eigenvalue weighted by molar-refractivity contribution is 7.12. The second-order valence-electron chi connectivity index (χ2n) is 5.62. The Bertz CT molecular complexity index is 679. The highest BCUT2D eigenvalue weighted by atomic mass is 32.1. The summed E-state index contributed by atoms with van der Waals surface area (Å²) in [5.41, 5.74) is 1.37. The predicted octanol–water partition coefficient (Wildman–Crippen LogP) is 2.94. The fourth-order valence-corrected chi connectivity index (χ4v) is 3.26. The highest BCUT2D eigenvalue weighted by Gasteiger charge is 2.18. The Hall–Kier alpha value is -2.18. The lowest BCUT2D eigenvalue weighted by atomic mass is 10.0. The summed E-state index contributed by atoms with van der Waals surface area (Å²) in [5.74, 6) is 0.289. The molecule has 1 aliphatic heterocycles. The lowest BCUT2D eigenvalue weighted by molar-refractivity contribution is -0.116. The number of anilines is 2. The molecular weight excluding hydrogens is 310 g/mol. The van der Waals surface area contributed by atoms with Crippen LogP contribution in [0.5, 0.6) is 0 Å². The molecule has 0 spiro atoms. The van der Waals surface area contributed by atoms with Gasteiger partial charge in [0.25, 0.3) is 5.91 Å². The molecule has 0 radical (unpaired) electrons. The Morgan fingerprint density at radius 2 is 2.00 bits per heavy atom. The molecule has 1 fully saturated rings. The minimum Gasteiger partial charge on any atom is -0.326 e. The van der Waals surface area contributed by atoms with E-state index in [-0.39, 0.29) is 11.8 Å². The van der Waals surface area contributed by atoms with Gasteiger partial charge in [0.1, 0.15) is 0 Å². The lowest BCUT2D eigenvalue weighted by Crippen LogP contribution is -2.18. The quantitative estimate of drug-likeness (QED) is 0.790. The van der Waals surface area contributed by atoms with Crippen LogP contribution < -0.4 is 16.0 Å². The van der Waals surface area contributed by atoms with Crippen LogP contribution in [0.4, 0.5) is 11.4 Å². The molecule has 23 heavy (non-hydrogen) atoms. The lowest BCUT2D eigenvalue weighted by Gasteiger charge is -2.10. The number of rotatable bonds is 5. The molecule has 1 atom stereocenters. The smallest absolute Gasteiger partial charge is 0.265 e. The number of amides is 2. The van der Waals surface area contributed by atoms with Crippen LogP contribution >= 0.6 is 11.3 Å². The van der Waals surface area contributed by atoms with E-state index in [4.69, 9.17) is 0 Å². The van der Waals surface area contributed by atoms with Crippen molar-refractivity contribution in [1.29, 1.82) is 0 Å². The third-order valence-electron chi connectivity index (χ3n) is 3.79. The second kappa shape index (κ2) is 7.39. The second-order valence-corrected chi connectivity index (χ2v) is 6.57. The molecule has 6 heteroatoms. The van der Waals surface area contributed by atoms with Crippen LogP contribution in [0, 0.1) is 5.92 Å². The highest BCUT2D eigenvalue weighted by Crippen LogP contribution is 2.19. The number of hydrogen-bond acceptors (Lipinski definition) is 4. The molecule has 0 aliphatic carbocycles. The summed E-state index contributed by atoms with van der Waals surface area (Å²) in [5, 5.41) is 10.9. The normalized spacial score (nSPS) is 17.0. The van der Waals surface area contributed by atoms with Gasteiger partial charge in [0.15, 0.2) is 0 Å². The van der Waals surface area contributed by atoms with E-state index in [9.17, 15) is 9.59 Å². The van der Waals surface area contributed by atoms with Crippen LogP contribution in [0.25, 0.3) is 0 Å². The first-order chi connectivity index (χ1) is 11.2. The Balaban J connectivity index is 1.58. The largest absolute Gasteiger partial charge is 0.326 e. The van der Waals surface area contributed by atoms with Gasteiger partial charge in [-0.1, -0.05) is 12.1 Å². The summed E-state index contributed by atoms with van der Waals surface area (Å²) in [6, 6.07) is 10.8. The first-order valence-corrected chi connectivity index (χ1v) is 8.54. The number of carbonyl (C=O) groups is 2. The average molecular weight is 329 g/mol. The Kier molecular flexibility index (Phi) is 5.05. The molecule has 3 N–H and O–H groups in total. The summed E-state index contributed by atoms with van der Waals surface area (Å²) in [4.78, 5) is 24.8. The molecule has 1 aromatic heterocycles. The van der Waals surface area contributed by atoms with E-state index in [1.165, 1.54) is 11.3 Å². The van der Waals surface area contributed by atoms with Gasteiger partial charge in [-0.2, -0.15) is 0 Å². The molecule has 5 nitrogen and oxygen atoms in total. The molecule has 3 rings (SSSR count). The molecular formula is C17H19N3O2S. The molecule has 1 saturated heterocycles. The SMILES string of the molecule is O=C(CC1CCNC1)Nc1cccc(NC(=O)c2cccs2)c1. The van der Waals surface area contributed by atoms with Gasteiger partial charge >= 0.3 is 0 Å². The van der Waals surface area contributed by atoms with Gasteiger partial charge in [-0.05, 0) is 55.1 Å². The number of nitrogens with one attached hydrogen (secondary N) is 3. The van der Waals surface area contributed by atoms with Gasteiger partial charge in [0, 0.05) is 17.8 Å². The monoisotopic (exact) mass is 329 g/mol. The first-order valence-electron chi connectivity index (χ1n) is 7.66. The van der Waals surface area contributed by atoms with E-state index < -0.39 is 0 Å². The molecule has 2 aromatic rings. The molecule has 2 heterocycles. The zero-order valence-electron chi connectivity index (χ0n) is 12.7. The van der Waals surface area contributed by atoms with E-state index in [2.05, 4.69) is 16.0 Å². The first kappa shape index (κ1) is 15.7. The maximum absolute atomic E-state index is 12.1. The zero-order valence-corrected chi connectivity index (χ0v) is 13.5. The third kappa shape index (κ3) is 4.40. The van der Waals surface area contributed by atoms with Crippen molar-refractivity contribution in [3.05, 3.63) is 46.7 Å². The average Bonchev–Trinajstić information content (AvgIpc) is 3.20. The fourth-order valence-electron chi connectivity index (χ4n) is 2.64. The van der Waals surface area contributed by atoms with Crippen molar-refractivity contribution < 1.29 is 9.59 Å². The van der Waals surface area contributed by atoms with Gasteiger partial charge in [-0.25, -0.2) is 0 Å². The number of hydrogen-bond donors (Lipinski definition) is 3. The van der Waals surface area contributed by atoms with Crippen LogP contribution in [0.15, 0.2) is 41.8 Å². The standard InChI is InChI=1S/C17H19N3O2S/c21-16(9-12-6-7-18-11-12)19-13-3-1-4-14(10-13)20-17(22)15-5-2-8-23-15/h1-5,8,10,12,18H,6-7,9,11H2,(H,19,21)(H,20,22). The molecule has 1 aliphatic rings. The Morgan fingerprint density at radius 3 is 2.70 bits per heavy atom. The summed E-state index contributed by atoms with van der Waals surface area (Å²) in [7, 11) is 0. The maximum Gasteiger partial charge on any atom is 0.265 e. The minimum atomic E-state index is -0.138. The van der Waals surface area contributed by atoms with Gasteiger partial charge in [-0.15, -0.1) is 11.3 Å². The van der Waals surface area contributed by atoms with E-state index >= 15 is 0 Å². The van der Waals surface area contributed by atoms with Crippen LogP contribution in [-0.4, -0.2) is 24.9 Å². The van der Waals surface area contributed by atoms with Crippen molar-refractivity contribution in [2.45, 2.75) is 12.8 Å². The minimum absolute atomic E-state index is 0.0143. The molecule has 120 valence electrons. The van der Waals surface area contributed by atoms with Crippen molar-refractivity contribution >= 4 is 34.5 Å². The van der Waals surface area contributed by atoms with Crippen molar-refractivity contribution in [3.63, 3.8) is 0 Å². The van der Waals surface area contributed by atoms with Gasteiger partial charge < -0.3 is 16.0 Å². The van der Waals surface area contributed by atoms with Gasteiger partial charge in [0.2, 0.25) is 5.91 Å². The Morgan fingerprint density at radius 1 is 1.17 bits per heavy atom. The van der Waals surface area contributed by atoms with Crippen molar-refractivity contribution in [3.8, 4) is 0 Å². The summed E-state index contributed by atoms with van der Waals surface area (Å²) < 4.78 is 0. The fraction of sp³-hybridized carbons (Fsp3) is 0.294. The van der Waals surface area contributed by atoms with E-state index in [1.807, 2.05) is 29.6 Å². The molecule has 2 amide bonds. The van der Waals surface area contributed by atoms with Crippen molar-refractivity contribution in [1.82, 2.24) is 5.32 Å². The predicted molar refractivity (Wildman–Crippen MR) is 92.9 cm³/mol. The number of thiophene rings is 1. The van der Waals surface area contributed by atoms with E-state index in [0.717, 1.165) is 19.5 Å². The van der Waals surface area contributed by atoms with Gasteiger partial charge in [0.05, 0.1) is 4.88 Å². The summed E-state index contributed by atoms with van der Waals surface area (Å²) >= 11 is 1.40. The number of carbonyl (C=O) groups excluding carboxylic acids is 2. The zero-order chi connectivity index (χ0) is 16.1. The Labute approximate surface area is 139 Å². The third-order valence-corrected chi connectivity index (χ3v) is 4.65. The van der Waals surface area contributed by atoms with Crippen LogP contribution in [-0.2, 0) is 4.79 Å². The van der Waals surface area contributed by atoms with Crippen LogP contribution in [0.3, 0.4) is 0 Å². The van der Waals surface area contributed by atoms with Gasteiger partial charge in [-0.3, -0.25) is 9.59 Å². The van der Waals surface area contributed by atoms with Crippen LogP contribution in [0.1, 0.15) is 22.5 Å². The maximum atomic E-state index is 12.1. The molecule has 0 saturated carbocycles. The number of benzene rings is 1. The van der Waals surface area contributed by atoms with E-state index in [0.29, 0.717) is 28.6 Å². The van der Waals surface area contributed by atoms with Crippen LogP contribution in [0.2, 0.25) is 0 Å². The topological polar surface area (TPSA) is 70.2 Å². The molecule has 0 bridgehead atoms.